The van der Waals surface area contributed by atoms with E-state index in [9.17, 15) is 14.4 Å². The minimum absolute atomic E-state index is 0.0361. The highest BCUT2D eigenvalue weighted by Crippen LogP contribution is 2.44. The Morgan fingerprint density at radius 2 is 1.92 bits per heavy atom. The lowest BCUT2D eigenvalue weighted by Gasteiger charge is -2.25. The quantitative estimate of drug-likeness (QED) is 0.451. The van der Waals surface area contributed by atoms with Crippen molar-refractivity contribution in [1.82, 2.24) is 0 Å². The van der Waals surface area contributed by atoms with Gasteiger partial charge < -0.3 is 9.47 Å². The molecule has 0 atom stereocenters. The highest BCUT2D eigenvalue weighted by molar-refractivity contribution is 8.03. The van der Waals surface area contributed by atoms with Crippen LogP contribution in [0.5, 0.6) is 0 Å². The molecule has 0 amide bonds. The molecule has 0 fully saturated rings. The van der Waals surface area contributed by atoms with E-state index in [1.54, 1.807) is 13.0 Å². The van der Waals surface area contributed by atoms with E-state index in [4.69, 9.17) is 9.47 Å². The standard InChI is InChI=1S/C20H18O5S/c1-12(2)19(22)24-9-10-25-20(23)14-7-8-16(21)15-11-13-5-3-4-6-17(13)26-18(14)15/h3-7H,1,8-11H2,2H3. The summed E-state index contributed by atoms with van der Waals surface area (Å²) in [7, 11) is 0. The summed E-state index contributed by atoms with van der Waals surface area (Å²) in [5, 5.41) is 0. The van der Waals surface area contributed by atoms with Crippen molar-refractivity contribution in [3.05, 3.63) is 64.1 Å². The van der Waals surface area contributed by atoms with Crippen LogP contribution in [-0.2, 0) is 30.3 Å². The smallest absolute Gasteiger partial charge is 0.339 e. The number of carbonyl (C=O) groups is 3. The molecule has 0 saturated carbocycles. The van der Waals surface area contributed by atoms with Gasteiger partial charge in [0.2, 0.25) is 0 Å². The lowest BCUT2D eigenvalue weighted by Crippen LogP contribution is -2.21. The van der Waals surface area contributed by atoms with Crippen LogP contribution in [0.2, 0.25) is 0 Å². The Morgan fingerprint density at radius 3 is 2.69 bits per heavy atom. The van der Waals surface area contributed by atoms with Gasteiger partial charge >= 0.3 is 11.9 Å². The van der Waals surface area contributed by atoms with E-state index in [0.717, 1.165) is 10.5 Å². The van der Waals surface area contributed by atoms with E-state index in [0.29, 0.717) is 22.5 Å². The highest BCUT2D eigenvalue weighted by Gasteiger charge is 2.31. The number of allylic oxidation sites excluding steroid dienone is 2. The summed E-state index contributed by atoms with van der Waals surface area (Å²) in [5.74, 6) is -0.995. The second kappa shape index (κ2) is 7.74. The van der Waals surface area contributed by atoms with E-state index in [-0.39, 0.29) is 31.0 Å². The fourth-order valence-electron chi connectivity index (χ4n) is 2.69. The number of fused-ring (bicyclic) bond motifs is 1. The van der Waals surface area contributed by atoms with Crippen LogP contribution in [0.15, 0.2) is 63.4 Å². The monoisotopic (exact) mass is 370 g/mol. The fraction of sp³-hybridized carbons (Fsp3) is 0.250. The van der Waals surface area contributed by atoms with Gasteiger partial charge in [0, 0.05) is 33.8 Å². The van der Waals surface area contributed by atoms with Gasteiger partial charge in [0.25, 0.3) is 0 Å². The van der Waals surface area contributed by atoms with Gasteiger partial charge in [0.15, 0.2) is 5.78 Å². The largest absolute Gasteiger partial charge is 0.459 e. The number of hydrogen-bond acceptors (Lipinski definition) is 6. The molecule has 1 aliphatic carbocycles. The zero-order chi connectivity index (χ0) is 18.7. The predicted octanol–water partition coefficient (Wildman–Crippen LogP) is 3.15. The summed E-state index contributed by atoms with van der Waals surface area (Å²) in [6, 6.07) is 7.84. The number of thioether (sulfide) groups is 1. The molecular weight excluding hydrogens is 352 g/mol. The molecule has 2 aliphatic rings. The number of ketones is 1. The Hall–Kier alpha value is -2.60. The van der Waals surface area contributed by atoms with Gasteiger partial charge in [0.05, 0.1) is 5.57 Å². The highest BCUT2D eigenvalue weighted by atomic mass is 32.2. The van der Waals surface area contributed by atoms with Crippen molar-refractivity contribution in [2.24, 2.45) is 0 Å². The van der Waals surface area contributed by atoms with Gasteiger partial charge in [-0.05, 0) is 18.6 Å². The third kappa shape index (κ3) is 3.80. The summed E-state index contributed by atoms with van der Waals surface area (Å²) in [5.41, 5.74) is 2.45. The summed E-state index contributed by atoms with van der Waals surface area (Å²) in [6.45, 7) is 4.94. The number of esters is 2. The lowest BCUT2D eigenvalue weighted by atomic mass is 9.92. The average Bonchev–Trinajstić information content (AvgIpc) is 2.63. The third-order valence-corrected chi connectivity index (χ3v) is 5.31. The molecule has 3 rings (SSSR count). The molecule has 6 heteroatoms. The van der Waals surface area contributed by atoms with E-state index in [1.165, 1.54) is 11.8 Å². The first-order valence-corrected chi connectivity index (χ1v) is 9.01. The Bertz CT molecular complexity index is 863. The van der Waals surface area contributed by atoms with Crippen molar-refractivity contribution in [3.63, 3.8) is 0 Å². The first-order chi connectivity index (χ1) is 12.5. The van der Waals surface area contributed by atoms with Crippen LogP contribution in [-0.4, -0.2) is 30.9 Å². The molecule has 0 bridgehead atoms. The molecule has 134 valence electrons. The minimum Gasteiger partial charge on any atom is -0.459 e. The van der Waals surface area contributed by atoms with Gasteiger partial charge in [-0.2, -0.15) is 0 Å². The van der Waals surface area contributed by atoms with Crippen molar-refractivity contribution < 1.29 is 23.9 Å². The molecule has 0 N–H and O–H groups in total. The van der Waals surface area contributed by atoms with Gasteiger partial charge in [-0.15, -0.1) is 0 Å². The molecule has 0 spiro atoms. The predicted molar refractivity (Wildman–Crippen MR) is 97.5 cm³/mol. The molecule has 0 aromatic heterocycles. The maximum absolute atomic E-state index is 12.4. The van der Waals surface area contributed by atoms with Crippen LogP contribution in [0, 0.1) is 0 Å². The molecule has 1 heterocycles. The van der Waals surface area contributed by atoms with Crippen molar-refractivity contribution in [2.75, 3.05) is 13.2 Å². The molecule has 0 radical (unpaired) electrons. The second-order valence-corrected chi connectivity index (χ2v) is 7.04. The molecule has 1 aromatic carbocycles. The van der Waals surface area contributed by atoms with E-state index >= 15 is 0 Å². The van der Waals surface area contributed by atoms with Crippen molar-refractivity contribution in [2.45, 2.75) is 24.7 Å². The molecule has 0 saturated heterocycles. The van der Waals surface area contributed by atoms with Crippen molar-refractivity contribution in [1.29, 1.82) is 0 Å². The molecule has 0 unspecified atom stereocenters. The van der Waals surface area contributed by atoms with Gasteiger partial charge in [0.1, 0.15) is 13.2 Å². The minimum atomic E-state index is -0.520. The first-order valence-electron chi connectivity index (χ1n) is 8.19. The zero-order valence-electron chi connectivity index (χ0n) is 14.4. The Labute approximate surface area is 155 Å². The SMILES string of the molecule is C=C(C)C(=O)OCCOC(=O)C1=CCC(=O)C2=C1Sc1ccccc1C2. The molecule has 26 heavy (non-hydrogen) atoms. The Kier molecular flexibility index (Phi) is 5.42. The number of carbonyl (C=O) groups excluding carboxylic acids is 3. The lowest BCUT2D eigenvalue weighted by molar-refractivity contribution is -0.147. The summed E-state index contributed by atoms with van der Waals surface area (Å²) in [4.78, 5) is 37.7. The summed E-state index contributed by atoms with van der Waals surface area (Å²) in [6.07, 6.45) is 2.33. The van der Waals surface area contributed by atoms with E-state index in [1.807, 2.05) is 24.3 Å². The molecule has 1 aliphatic heterocycles. The third-order valence-electron chi connectivity index (χ3n) is 4.02. The number of Topliss-reactive ketones (excluding diaryl/α,β-unsaturated/α-hetero) is 1. The summed E-state index contributed by atoms with van der Waals surface area (Å²) >= 11 is 1.42. The van der Waals surface area contributed by atoms with Crippen molar-refractivity contribution in [3.8, 4) is 0 Å². The Balaban J connectivity index is 1.67. The van der Waals surface area contributed by atoms with Crippen molar-refractivity contribution >= 4 is 29.5 Å². The maximum Gasteiger partial charge on any atom is 0.339 e. The van der Waals surface area contributed by atoms with Crippen LogP contribution in [0.1, 0.15) is 18.9 Å². The Morgan fingerprint density at radius 1 is 1.19 bits per heavy atom. The van der Waals surface area contributed by atoms with E-state index < -0.39 is 11.9 Å². The van der Waals surface area contributed by atoms with Gasteiger partial charge in [-0.3, -0.25) is 4.79 Å². The van der Waals surface area contributed by atoms with E-state index in [2.05, 4.69) is 6.58 Å². The number of rotatable bonds is 5. The van der Waals surface area contributed by atoms with Crippen LogP contribution >= 0.6 is 11.8 Å². The normalized spacial score (nSPS) is 15.6. The fourth-order valence-corrected chi connectivity index (χ4v) is 3.91. The maximum atomic E-state index is 12.4. The van der Waals surface area contributed by atoms with Gasteiger partial charge in [-0.25, -0.2) is 9.59 Å². The van der Waals surface area contributed by atoms with Crippen LogP contribution < -0.4 is 0 Å². The average molecular weight is 370 g/mol. The van der Waals surface area contributed by atoms with Gasteiger partial charge in [-0.1, -0.05) is 42.6 Å². The molecule has 5 nitrogen and oxygen atoms in total. The number of ether oxygens (including phenoxy) is 2. The molecular formula is C20H18O5S. The first kappa shape index (κ1) is 18.2. The summed E-state index contributed by atoms with van der Waals surface area (Å²) < 4.78 is 10.1. The second-order valence-electron chi connectivity index (χ2n) is 5.99. The topological polar surface area (TPSA) is 69.7 Å². The zero-order valence-corrected chi connectivity index (χ0v) is 15.2. The van der Waals surface area contributed by atoms with Crippen LogP contribution in [0.4, 0.5) is 0 Å². The van der Waals surface area contributed by atoms with Crippen LogP contribution in [0.3, 0.4) is 0 Å². The van der Waals surface area contributed by atoms with Crippen LogP contribution in [0.25, 0.3) is 0 Å². The molecule has 1 aromatic rings. The number of benzene rings is 1. The number of hydrogen-bond donors (Lipinski definition) is 0.